The summed E-state index contributed by atoms with van der Waals surface area (Å²) in [6, 6.07) is 15.1. The summed E-state index contributed by atoms with van der Waals surface area (Å²) in [4.78, 5) is 2.41. The van der Waals surface area contributed by atoms with Crippen LogP contribution in [-0.2, 0) is 10.0 Å². The molecular weight excluding hydrogens is 356 g/mol. The van der Waals surface area contributed by atoms with Crippen molar-refractivity contribution in [2.45, 2.75) is 24.7 Å². The van der Waals surface area contributed by atoms with E-state index in [1.54, 1.807) is 24.3 Å². The highest BCUT2D eigenvalue weighted by Gasteiger charge is 2.29. The SMILES string of the molecule is CC(C)c1ccc(N2CCN(S(=O)(=O)c3ccccc3Cl)CC2)cc1. The van der Waals surface area contributed by atoms with Crippen LogP contribution in [0.25, 0.3) is 0 Å². The highest BCUT2D eigenvalue weighted by molar-refractivity contribution is 7.89. The van der Waals surface area contributed by atoms with Crippen LogP contribution < -0.4 is 4.90 Å². The number of anilines is 1. The molecule has 1 fully saturated rings. The molecule has 0 spiro atoms. The highest BCUT2D eigenvalue weighted by Crippen LogP contribution is 2.26. The molecule has 1 saturated heterocycles. The summed E-state index contributed by atoms with van der Waals surface area (Å²) < 4.78 is 27.1. The zero-order valence-electron chi connectivity index (χ0n) is 14.5. The fourth-order valence-corrected chi connectivity index (χ4v) is 4.97. The number of halogens is 1. The zero-order valence-corrected chi connectivity index (χ0v) is 16.1. The number of piperazine rings is 1. The van der Waals surface area contributed by atoms with Gasteiger partial charge in [0.2, 0.25) is 10.0 Å². The largest absolute Gasteiger partial charge is 0.369 e. The molecule has 1 heterocycles. The Balaban J connectivity index is 1.70. The second kappa shape index (κ2) is 7.36. The minimum atomic E-state index is -3.54. The monoisotopic (exact) mass is 378 g/mol. The molecule has 3 rings (SSSR count). The van der Waals surface area contributed by atoms with Gasteiger partial charge in [0.1, 0.15) is 4.90 Å². The van der Waals surface area contributed by atoms with Crippen LogP contribution in [0.4, 0.5) is 5.69 Å². The smallest absolute Gasteiger partial charge is 0.244 e. The van der Waals surface area contributed by atoms with Crippen LogP contribution >= 0.6 is 11.6 Å². The van der Waals surface area contributed by atoms with Gasteiger partial charge < -0.3 is 4.90 Å². The molecule has 1 aliphatic rings. The molecule has 25 heavy (non-hydrogen) atoms. The molecule has 0 unspecified atom stereocenters. The lowest BCUT2D eigenvalue weighted by molar-refractivity contribution is 0.385. The molecule has 0 N–H and O–H groups in total. The Morgan fingerprint density at radius 1 is 0.920 bits per heavy atom. The van der Waals surface area contributed by atoms with E-state index in [9.17, 15) is 8.42 Å². The van der Waals surface area contributed by atoms with Crippen molar-refractivity contribution in [3.8, 4) is 0 Å². The van der Waals surface area contributed by atoms with Crippen molar-refractivity contribution in [1.82, 2.24) is 4.31 Å². The van der Waals surface area contributed by atoms with E-state index in [0.29, 0.717) is 32.1 Å². The minimum absolute atomic E-state index is 0.186. The molecule has 0 aromatic heterocycles. The predicted octanol–water partition coefficient (Wildman–Crippen LogP) is 3.97. The molecular formula is C19H23ClN2O2S. The average Bonchev–Trinajstić information content (AvgIpc) is 2.62. The van der Waals surface area contributed by atoms with Crippen LogP contribution in [-0.4, -0.2) is 38.9 Å². The van der Waals surface area contributed by atoms with E-state index in [-0.39, 0.29) is 9.92 Å². The van der Waals surface area contributed by atoms with Crippen LogP contribution in [0.1, 0.15) is 25.3 Å². The Bertz CT molecular complexity index is 827. The third-order valence-electron chi connectivity index (χ3n) is 4.62. The first-order chi connectivity index (χ1) is 11.9. The predicted molar refractivity (Wildman–Crippen MR) is 103 cm³/mol. The van der Waals surface area contributed by atoms with E-state index in [1.165, 1.54) is 9.87 Å². The van der Waals surface area contributed by atoms with E-state index >= 15 is 0 Å². The van der Waals surface area contributed by atoms with Crippen molar-refractivity contribution >= 4 is 27.3 Å². The summed E-state index contributed by atoms with van der Waals surface area (Å²) in [6.07, 6.45) is 0. The Morgan fingerprint density at radius 2 is 1.52 bits per heavy atom. The van der Waals surface area contributed by atoms with Crippen molar-refractivity contribution in [1.29, 1.82) is 0 Å². The third kappa shape index (κ3) is 3.84. The summed E-state index contributed by atoms with van der Waals surface area (Å²) in [5.41, 5.74) is 2.45. The first kappa shape index (κ1) is 18.2. The maximum Gasteiger partial charge on any atom is 0.244 e. The summed E-state index contributed by atoms with van der Waals surface area (Å²) in [5, 5.41) is 0.272. The molecule has 0 radical (unpaired) electrons. The number of nitrogens with zero attached hydrogens (tertiary/aromatic N) is 2. The van der Waals surface area contributed by atoms with Gasteiger partial charge in [0.25, 0.3) is 0 Å². The molecule has 6 heteroatoms. The lowest BCUT2D eigenvalue weighted by Crippen LogP contribution is -2.48. The van der Waals surface area contributed by atoms with E-state index in [4.69, 9.17) is 11.6 Å². The van der Waals surface area contributed by atoms with Gasteiger partial charge >= 0.3 is 0 Å². The zero-order chi connectivity index (χ0) is 18.0. The van der Waals surface area contributed by atoms with Crippen LogP contribution in [0.15, 0.2) is 53.4 Å². The molecule has 2 aromatic carbocycles. The van der Waals surface area contributed by atoms with Crippen molar-refractivity contribution in [3.05, 3.63) is 59.1 Å². The van der Waals surface area contributed by atoms with Crippen LogP contribution in [0.5, 0.6) is 0 Å². The molecule has 0 amide bonds. The number of hydrogen-bond donors (Lipinski definition) is 0. The fourth-order valence-electron chi connectivity index (χ4n) is 3.05. The van der Waals surface area contributed by atoms with Crippen molar-refractivity contribution in [2.24, 2.45) is 0 Å². The number of benzene rings is 2. The average molecular weight is 379 g/mol. The Hall–Kier alpha value is -1.56. The van der Waals surface area contributed by atoms with Gasteiger partial charge in [-0.05, 0) is 35.7 Å². The molecule has 0 aliphatic carbocycles. The van der Waals surface area contributed by atoms with Crippen LogP contribution in [0.3, 0.4) is 0 Å². The van der Waals surface area contributed by atoms with Gasteiger partial charge in [-0.2, -0.15) is 4.31 Å². The van der Waals surface area contributed by atoms with E-state index < -0.39 is 10.0 Å². The first-order valence-electron chi connectivity index (χ1n) is 8.49. The maximum absolute atomic E-state index is 12.8. The van der Waals surface area contributed by atoms with Gasteiger partial charge in [0.05, 0.1) is 5.02 Å². The lowest BCUT2D eigenvalue weighted by atomic mass is 10.0. The maximum atomic E-state index is 12.8. The summed E-state index contributed by atoms with van der Waals surface area (Å²) in [6.45, 7) is 6.61. The fraction of sp³-hybridized carbons (Fsp3) is 0.368. The third-order valence-corrected chi connectivity index (χ3v) is 7.02. The van der Waals surface area contributed by atoms with Crippen LogP contribution in [0.2, 0.25) is 5.02 Å². The van der Waals surface area contributed by atoms with Crippen molar-refractivity contribution in [2.75, 3.05) is 31.1 Å². The summed E-state index contributed by atoms with van der Waals surface area (Å²) in [5.74, 6) is 0.506. The van der Waals surface area contributed by atoms with Gasteiger partial charge in [-0.25, -0.2) is 8.42 Å². The Kier molecular flexibility index (Phi) is 5.37. The molecule has 2 aromatic rings. The Labute approximate surface area is 155 Å². The van der Waals surface area contributed by atoms with Crippen molar-refractivity contribution < 1.29 is 8.42 Å². The first-order valence-corrected chi connectivity index (χ1v) is 10.3. The van der Waals surface area contributed by atoms with E-state index in [2.05, 4.69) is 43.0 Å². The molecule has 0 saturated carbocycles. The molecule has 0 bridgehead atoms. The van der Waals surface area contributed by atoms with Crippen molar-refractivity contribution in [3.63, 3.8) is 0 Å². The summed E-state index contributed by atoms with van der Waals surface area (Å²) in [7, 11) is -3.54. The van der Waals surface area contributed by atoms with Gasteiger partial charge in [-0.3, -0.25) is 0 Å². The van der Waals surface area contributed by atoms with E-state index in [1.807, 2.05) is 0 Å². The van der Waals surface area contributed by atoms with Gasteiger partial charge in [0, 0.05) is 31.9 Å². The quantitative estimate of drug-likeness (QED) is 0.808. The Morgan fingerprint density at radius 3 is 2.08 bits per heavy atom. The molecule has 0 atom stereocenters. The molecule has 4 nitrogen and oxygen atoms in total. The second-order valence-electron chi connectivity index (χ2n) is 6.57. The standard InChI is InChI=1S/C19H23ClN2O2S/c1-15(2)16-7-9-17(10-8-16)21-11-13-22(14-12-21)25(23,24)19-6-4-3-5-18(19)20/h3-10,15H,11-14H2,1-2H3. The summed E-state index contributed by atoms with van der Waals surface area (Å²) >= 11 is 6.08. The van der Waals surface area contributed by atoms with E-state index in [0.717, 1.165) is 5.69 Å². The van der Waals surface area contributed by atoms with Gasteiger partial charge in [-0.1, -0.05) is 49.7 Å². The second-order valence-corrected chi connectivity index (χ2v) is 8.88. The van der Waals surface area contributed by atoms with Gasteiger partial charge in [-0.15, -0.1) is 0 Å². The number of sulfonamides is 1. The topological polar surface area (TPSA) is 40.6 Å². The van der Waals surface area contributed by atoms with Crippen LogP contribution in [0, 0.1) is 0 Å². The molecule has 134 valence electrons. The lowest BCUT2D eigenvalue weighted by Gasteiger charge is -2.35. The molecule has 1 aliphatic heterocycles. The number of hydrogen-bond acceptors (Lipinski definition) is 3. The normalized spacial score (nSPS) is 16.4. The minimum Gasteiger partial charge on any atom is -0.369 e. The number of rotatable bonds is 4. The highest BCUT2D eigenvalue weighted by atomic mass is 35.5. The van der Waals surface area contributed by atoms with Gasteiger partial charge in [0.15, 0.2) is 0 Å².